The Labute approximate surface area is 115 Å². The topological polar surface area (TPSA) is 66.6 Å². The molecule has 106 valence electrons. The summed E-state index contributed by atoms with van der Waals surface area (Å²) < 4.78 is 0. The van der Waals surface area contributed by atoms with Crippen molar-refractivity contribution in [2.75, 3.05) is 13.1 Å². The van der Waals surface area contributed by atoms with E-state index < -0.39 is 5.60 Å². The van der Waals surface area contributed by atoms with E-state index >= 15 is 0 Å². The number of amides is 1. The van der Waals surface area contributed by atoms with Crippen LogP contribution in [0.3, 0.4) is 0 Å². The molecule has 0 saturated carbocycles. The maximum Gasteiger partial charge on any atom is 0.227 e. The van der Waals surface area contributed by atoms with E-state index in [9.17, 15) is 9.90 Å². The average molecular weight is 264 g/mol. The number of aliphatic hydroxyl groups is 1. The first kappa shape index (κ1) is 15.7. The first-order valence-corrected chi connectivity index (χ1v) is 6.64. The van der Waals surface area contributed by atoms with E-state index in [0.717, 1.165) is 11.1 Å². The Morgan fingerprint density at radius 1 is 1.32 bits per heavy atom. The van der Waals surface area contributed by atoms with Crippen LogP contribution < -0.4 is 5.73 Å². The van der Waals surface area contributed by atoms with Gasteiger partial charge in [0.2, 0.25) is 5.91 Å². The van der Waals surface area contributed by atoms with Crippen molar-refractivity contribution in [2.45, 2.75) is 39.3 Å². The Kier molecular flexibility index (Phi) is 5.51. The molecule has 0 aliphatic heterocycles. The fourth-order valence-electron chi connectivity index (χ4n) is 2.05. The molecule has 0 aromatic heterocycles. The van der Waals surface area contributed by atoms with Crippen LogP contribution in [0, 0.1) is 0 Å². The lowest BCUT2D eigenvalue weighted by molar-refractivity contribution is -0.133. The van der Waals surface area contributed by atoms with Crippen LogP contribution in [-0.4, -0.2) is 34.6 Å². The molecule has 19 heavy (non-hydrogen) atoms. The molecule has 0 radical (unpaired) electrons. The summed E-state index contributed by atoms with van der Waals surface area (Å²) in [6.07, 6.45) is 0.331. The van der Waals surface area contributed by atoms with Crippen molar-refractivity contribution >= 4 is 5.91 Å². The molecule has 1 amide bonds. The molecule has 0 unspecified atom stereocenters. The van der Waals surface area contributed by atoms with Crippen molar-refractivity contribution in [3.05, 3.63) is 35.4 Å². The summed E-state index contributed by atoms with van der Waals surface area (Å²) in [5.41, 5.74) is 6.75. The molecule has 0 heterocycles. The second kappa shape index (κ2) is 6.68. The number of benzene rings is 1. The van der Waals surface area contributed by atoms with Crippen molar-refractivity contribution in [1.29, 1.82) is 0 Å². The summed E-state index contributed by atoms with van der Waals surface area (Å²) in [5.74, 6) is 0.0190. The molecule has 0 bridgehead atoms. The highest BCUT2D eigenvalue weighted by Gasteiger charge is 2.21. The molecule has 4 nitrogen and oxygen atoms in total. The SMILES string of the molecule is CCN(CC(C)(C)O)C(=O)Cc1ccccc1CN. The highest BCUT2D eigenvalue weighted by atomic mass is 16.3. The number of hydrogen-bond donors (Lipinski definition) is 2. The minimum Gasteiger partial charge on any atom is -0.389 e. The fourth-order valence-corrected chi connectivity index (χ4v) is 2.05. The second-order valence-corrected chi connectivity index (χ2v) is 5.37. The quantitative estimate of drug-likeness (QED) is 0.814. The third-order valence-corrected chi connectivity index (χ3v) is 2.99. The van der Waals surface area contributed by atoms with Gasteiger partial charge in [-0.1, -0.05) is 24.3 Å². The largest absolute Gasteiger partial charge is 0.389 e. The number of likely N-dealkylation sites (N-methyl/N-ethyl adjacent to an activating group) is 1. The minimum atomic E-state index is -0.876. The van der Waals surface area contributed by atoms with E-state index in [2.05, 4.69) is 0 Å². The molecule has 3 N–H and O–H groups in total. The van der Waals surface area contributed by atoms with Crippen molar-refractivity contribution in [3.8, 4) is 0 Å². The standard InChI is InChI=1S/C15H24N2O2/c1-4-17(11-15(2,3)19)14(18)9-12-7-5-6-8-13(12)10-16/h5-8,19H,4,9-11,16H2,1-3H3. The van der Waals surface area contributed by atoms with Crippen LogP contribution >= 0.6 is 0 Å². The zero-order valence-electron chi connectivity index (χ0n) is 12.0. The van der Waals surface area contributed by atoms with Crippen LogP contribution in [0.5, 0.6) is 0 Å². The van der Waals surface area contributed by atoms with E-state index in [1.54, 1.807) is 18.7 Å². The van der Waals surface area contributed by atoms with Crippen LogP contribution in [0.1, 0.15) is 31.9 Å². The molecule has 1 aromatic carbocycles. The second-order valence-electron chi connectivity index (χ2n) is 5.37. The van der Waals surface area contributed by atoms with Crippen LogP contribution in [-0.2, 0) is 17.8 Å². The van der Waals surface area contributed by atoms with Crippen molar-refractivity contribution in [2.24, 2.45) is 5.73 Å². The zero-order valence-corrected chi connectivity index (χ0v) is 12.0. The van der Waals surface area contributed by atoms with Gasteiger partial charge in [0.25, 0.3) is 0 Å². The maximum absolute atomic E-state index is 12.3. The van der Waals surface area contributed by atoms with E-state index in [1.165, 1.54) is 0 Å². The number of rotatable bonds is 6. The number of carbonyl (C=O) groups excluding carboxylic acids is 1. The summed E-state index contributed by atoms with van der Waals surface area (Å²) in [4.78, 5) is 13.9. The number of nitrogens with zero attached hydrogens (tertiary/aromatic N) is 1. The molecule has 0 aliphatic rings. The van der Waals surface area contributed by atoms with E-state index in [0.29, 0.717) is 26.1 Å². The Morgan fingerprint density at radius 2 is 1.89 bits per heavy atom. The van der Waals surface area contributed by atoms with Gasteiger partial charge in [-0.2, -0.15) is 0 Å². The number of nitrogens with two attached hydrogens (primary N) is 1. The van der Waals surface area contributed by atoms with Gasteiger partial charge in [0.05, 0.1) is 12.0 Å². The first-order chi connectivity index (χ1) is 8.87. The predicted octanol–water partition coefficient (Wildman–Crippen LogP) is 1.31. The van der Waals surface area contributed by atoms with Gasteiger partial charge >= 0.3 is 0 Å². The average Bonchev–Trinajstić information content (AvgIpc) is 2.35. The fraction of sp³-hybridized carbons (Fsp3) is 0.533. The molecule has 1 aromatic rings. The smallest absolute Gasteiger partial charge is 0.227 e. The Bertz CT molecular complexity index is 424. The summed E-state index contributed by atoms with van der Waals surface area (Å²) >= 11 is 0. The number of carbonyl (C=O) groups is 1. The predicted molar refractivity (Wildman–Crippen MR) is 76.6 cm³/mol. The van der Waals surface area contributed by atoms with Gasteiger partial charge in [-0.3, -0.25) is 4.79 Å². The van der Waals surface area contributed by atoms with Gasteiger partial charge in [-0.15, -0.1) is 0 Å². The van der Waals surface area contributed by atoms with Crippen LogP contribution in [0.25, 0.3) is 0 Å². The van der Waals surface area contributed by atoms with Crippen molar-refractivity contribution < 1.29 is 9.90 Å². The van der Waals surface area contributed by atoms with E-state index in [-0.39, 0.29) is 5.91 Å². The lowest BCUT2D eigenvalue weighted by Gasteiger charge is -2.28. The van der Waals surface area contributed by atoms with Gasteiger partial charge in [0.1, 0.15) is 0 Å². The summed E-state index contributed by atoms with van der Waals surface area (Å²) in [6, 6.07) is 7.70. The Balaban J connectivity index is 2.77. The van der Waals surface area contributed by atoms with Crippen LogP contribution in [0.2, 0.25) is 0 Å². The summed E-state index contributed by atoms with van der Waals surface area (Å²) in [5, 5.41) is 9.82. The highest BCUT2D eigenvalue weighted by molar-refractivity contribution is 5.79. The third kappa shape index (κ3) is 5.01. The molecule has 0 saturated heterocycles. The Hall–Kier alpha value is -1.39. The molecule has 0 spiro atoms. The van der Waals surface area contributed by atoms with Crippen molar-refractivity contribution in [3.63, 3.8) is 0 Å². The Morgan fingerprint density at radius 3 is 2.37 bits per heavy atom. The lowest BCUT2D eigenvalue weighted by Crippen LogP contribution is -2.42. The molecule has 4 heteroatoms. The minimum absolute atomic E-state index is 0.0190. The summed E-state index contributed by atoms with van der Waals surface area (Å²) in [7, 11) is 0. The monoisotopic (exact) mass is 264 g/mol. The first-order valence-electron chi connectivity index (χ1n) is 6.64. The van der Waals surface area contributed by atoms with Crippen LogP contribution in [0.15, 0.2) is 24.3 Å². The molecule has 0 aliphatic carbocycles. The van der Waals surface area contributed by atoms with E-state index in [4.69, 9.17) is 5.73 Å². The molecular weight excluding hydrogens is 240 g/mol. The molecule has 0 fully saturated rings. The normalized spacial score (nSPS) is 11.4. The molecular formula is C15H24N2O2. The van der Waals surface area contributed by atoms with Crippen LogP contribution in [0.4, 0.5) is 0 Å². The summed E-state index contributed by atoms with van der Waals surface area (Å²) in [6.45, 7) is 6.69. The van der Waals surface area contributed by atoms with Gasteiger partial charge in [0, 0.05) is 19.6 Å². The maximum atomic E-state index is 12.3. The van der Waals surface area contributed by atoms with E-state index in [1.807, 2.05) is 31.2 Å². The zero-order chi connectivity index (χ0) is 14.5. The highest BCUT2D eigenvalue weighted by Crippen LogP contribution is 2.12. The van der Waals surface area contributed by atoms with Gasteiger partial charge in [-0.25, -0.2) is 0 Å². The lowest BCUT2D eigenvalue weighted by atomic mass is 10.0. The molecule has 1 rings (SSSR count). The van der Waals surface area contributed by atoms with Gasteiger partial charge in [0.15, 0.2) is 0 Å². The molecule has 0 atom stereocenters. The third-order valence-electron chi connectivity index (χ3n) is 2.99. The van der Waals surface area contributed by atoms with Crippen molar-refractivity contribution in [1.82, 2.24) is 4.90 Å². The van der Waals surface area contributed by atoms with Gasteiger partial charge in [-0.05, 0) is 31.9 Å². The number of hydrogen-bond acceptors (Lipinski definition) is 3. The van der Waals surface area contributed by atoms with Gasteiger partial charge < -0.3 is 15.7 Å².